The fourth-order valence-electron chi connectivity index (χ4n) is 4.09. The molecule has 1 fully saturated rings. The van der Waals surface area contributed by atoms with Crippen LogP contribution in [0.15, 0.2) is 54.6 Å². The molecule has 0 amide bonds. The van der Waals surface area contributed by atoms with Crippen LogP contribution >= 0.6 is 0 Å². The fourth-order valence-corrected chi connectivity index (χ4v) is 4.09. The Morgan fingerprint density at radius 3 is 2.40 bits per heavy atom. The number of aliphatic hydroxyl groups is 2. The standard InChI is InChI=1S/C25H36N2O3/c1-27(17-22-8-4-2-5-9-22)18-23(28)19-30-24-12-10-21(11-13-24)16-26-20-25(29)14-6-3-7-15-25/h2,4-5,8-13,23,26,28-29H,3,6-7,14-20H2,1H3. The highest BCUT2D eigenvalue weighted by Crippen LogP contribution is 2.27. The van der Waals surface area contributed by atoms with Gasteiger partial charge in [0.15, 0.2) is 0 Å². The number of hydrogen-bond donors (Lipinski definition) is 3. The molecule has 0 aromatic heterocycles. The van der Waals surface area contributed by atoms with Crippen LogP contribution in [0.4, 0.5) is 0 Å². The molecule has 2 aromatic rings. The molecule has 0 heterocycles. The summed E-state index contributed by atoms with van der Waals surface area (Å²) in [5, 5.41) is 24.2. The molecule has 1 unspecified atom stereocenters. The van der Waals surface area contributed by atoms with Gasteiger partial charge in [-0.25, -0.2) is 0 Å². The lowest BCUT2D eigenvalue weighted by atomic mass is 9.85. The number of nitrogens with one attached hydrogen (secondary N) is 1. The summed E-state index contributed by atoms with van der Waals surface area (Å²) in [7, 11) is 2.00. The molecule has 5 nitrogen and oxygen atoms in total. The topological polar surface area (TPSA) is 65.0 Å². The largest absolute Gasteiger partial charge is 0.491 e. The van der Waals surface area contributed by atoms with Crippen LogP contribution < -0.4 is 10.1 Å². The van der Waals surface area contributed by atoms with Crippen molar-refractivity contribution in [3.8, 4) is 5.75 Å². The summed E-state index contributed by atoms with van der Waals surface area (Å²) < 4.78 is 5.75. The van der Waals surface area contributed by atoms with Gasteiger partial charge >= 0.3 is 0 Å². The van der Waals surface area contributed by atoms with Crippen LogP contribution in [0.2, 0.25) is 0 Å². The molecule has 1 saturated carbocycles. The van der Waals surface area contributed by atoms with Gasteiger partial charge in [-0.1, -0.05) is 61.7 Å². The SMILES string of the molecule is CN(Cc1ccccc1)CC(O)COc1ccc(CNCC2(O)CCCCC2)cc1. The first kappa shape index (κ1) is 22.8. The fraction of sp³-hybridized carbons (Fsp3) is 0.520. The van der Waals surface area contributed by atoms with Crippen molar-refractivity contribution in [3.05, 3.63) is 65.7 Å². The Kier molecular flexibility index (Phi) is 8.70. The quantitative estimate of drug-likeness (QED) is 0.528. The van der Waals surface area contributed by atoms with Crippen LogP contribution in [-0.2, 0) is 13.1 Å². The first-order valence-electron chi connectivity index (χ1n) is 11.1. The zero-order valence-corrected chi connectivity index (χ0v) is 18.1. The molecule has 0 saturated heterocycles. The Bertz CT molecular complexity index is 730. The normalized spacial score (nSPS) is 17.1. The first-order valence-corrected chi connectivity index (χ1v) is 11.1. The van der Waals surface area contributed by atoms with Crippen molar-refractivity contribution in [2.24, 2.45) is 0 Å². The molecule has 1 aliphatic rings. The Hall–Kier alpha value is -1.92. The van der Waals surface area contributed by atoms with Gasteiger partial charge in [0.25, 0.3) is 0 Å². The number of aliphatic hydroxyl groups excluding tert-OH is 1. The average Bonchev–Trinajstić information content (AvgIpc) is 2.74. The van der Waals surface area contributed by atoms with E-state index in [1.54, 1.807) is 0 Å². The van der Waals surface area contributed by atoms with E-state index in [2.05, 4.69) is 22.3 Å². The summed E-state index contributed by atoms with van der Waals surface area (Å²) in [6.07, 6.45) is 4.74. The van der Waals surface area contributed by atoms with Crippen LogP contribution in [0, 0.1) is 0 Å². The molecule has 0 aliphatic heterocycles. The molecular weight excluding hydrogens is 376 g/mol. The van der Waals surface area contributed by atoms with Gasteiger partial charge in [0.05, 0.1) is 5.60 Å². The van der Waals surface area contributed by atoms with Gasteiger partial charge in [0.2, 0.25) is 0 Å². The van der Waals surface area contributed by atoms with Crippen molar-refractivity contribution in [2.45, 2.75) is 56.9 Å². The monoisotopic (exact) mass is 412 g/mol. The van der Waals surface area contributed by atoms with Crippen LogP contribution in [0.5, 0.6) is 5.75 Å². The Morgan fingerprint density at radius 1 is 1.00 bits per heavy atom. The van der Waals surface area contributed by atoms with Crippen molar-refractivity contribution >= 4 is 0 Å². The number of nitrogens with zero attached hydrogens (tertiary/aromatic N) is 1. The minimum absolute atomic E-state index is 0.268. The lowest BCUT2D eigenvalue weighted by molar-refractivity contribution is 0.00467. The van der Waals surface area contributed by atoms with Crippen LogP contribution in [-0.4, -0.2) is 53.6 Å². The van der Waals surface area contributed by atoms with Gasteiger partial charge in [0.1, 0.15) is 18.5 Å². The summed E-state index contributed by atoms with van der Waals surface area (Å²) in [6.45, 7) is 3.00. The maximum absolute atomic E-state index is 10.6. The molecule has 0 spiro atoms. The number of rotatable bonds is 11. The van der Waals surface area contributed by atoms with Gasteiger partial charge in [-0.3, -0.25) is 4.90 Å². The van der Waals surface area contributed by atoms with Gasteiger partial charge < -0.3 is 20.3 Å². The van der Waals surface area contributed by atoms with Crippen molar-refractivity contribution in [1.29, 1.82) is 0 Å². The Morgan fingerprint density at radius 2 is 1.70 bits per heavy atom. The van der Waals surface area contributed by atoms with E-state index in [9.17, 15) is 10.2 Å². The van der Waals surface area contributed by atoms with Crippen LogP contribution in [0.3, 0.4) is 0 Å². The number of benzene rings is 2. The summed E-state index contributed by atoms with van der Waals surface area (Å²) in [6, 6.07) is 18.2. The second kappa shape index (κ2) is 11.5. The number of likely N-dealkylation sites (N-methyl/N-ethyl adjacent to an activating group) is 1. The van der Waals surface area contributed by atoms with E-state index in [1.807, 2.05) is 49.5 Å². The Labute approximate surface area is 180 Å². The van der Waals surface area contributed by atoms with E-state index in [0.29, 0.717) is 13.1 Å². The van der Waals surface area contributed by atoms with Crippen LogP contribution in [0.1, 0.15) is 43.2 Å². The molecule has 3 rings (SSSR count). The maximum Gasteiger partial charge on any atom is 0.119 e. The summed E-state index contributed by atoms with van der Waals surface area (Å²) in [5.41, 5.74) is 1.85. The highest BCUT2D eigenvalue weighted by Gasteiger charge is 2.28. The van der Waals surface area contributed by atoms with Gasteiger partial charge in [-0.15, -0.1) is 0 Å². The lowest BCUT2D eigenvalue weighted by Crippen LogP contribution is -2.41. The maximum atomic E-state index is 10.6. The highest BCUT2D eigenvalue weighted by atomic mass is 16.5. The third kappa shape index (κ3) is 7.73. The summed E-state index contributed by atoms with van der Waals surface area (Å²) in [5.74, 6) is 0.759. The molecule has 1 atom stereocenters. The molecule has 164 valence electrons. The van der Waals surface area contributed by atoms with E-state index < -0.39 is 11.7 Å². The van der Waals surface area contributed by atoms with Crippen molar-refractivity contribution in [3.63, 3.8) is 0 Å². The minimum atomic E-state index is -0.545. The zero-order chi connectivity index (χ0) is 21.2. The average molecular weight is 413 g/mol. The number of hydrogen-bond acceptors (Lipinski definition) is 5. The molecule has 3 N–H and O–H groups in total. The van der Waals surface area contributed by atoms with E-state index in [4.69, 9.17) is 4.74 Å². The van der Waals surface area contributed by atoms with E-state index >= 15 is 0 Å². The molecule has 30 heavy (non-hydrogen) atoms. The predicted octanol–water partition coefficient (Wildman–Crippen LogP) is 3.34. The number of ether oxygens (including phenoxy) is 1. The smallest absolute Gasteiger partial charge is 0.119 e. The Balaban J connectivity index is 1.34. The molecule has 0 radical (unpaired) electrons. The van der Waals surface area contributed by atoms with Gasteiger partial charge in [-0.2, -0.15) is 0 Å². The molecule has 2 aromatic carbocycles. The molecule has 5 heteroatoms. The van der Waals surface area contributed by atoms with Crippen molar-refractivity contribution < 1.29 is 14.9 Å². The molecule has 1 aliphatic carbocycles. The molecular formula is C25H36N2O3. The van der Waals surface area contributed by atoms with Crippen LogP contribution in [0.25, 0.3) is 0 Å². The highest BCUT2D eigenvalue weighted by molar-refractivity contribution is 5.27. The predicted molar refractivity (Wildman–Crippen MR) is 120 cm³/mol. The summed E-state index contributed by atoms with van der Waals surface area (Å²) >= 11 is 0. The van der Waals surface area contributed by atoms with Gasteiger partial charge in [-0.05, 0) is 43.1 Å². The van der Waals surface area contributed by atoms with Gasteiger partial charge in [0, 0.05) is 26.2 Å². The second-order valence-electron chi connectivity index (χ2n) is 8.68. The summed E-state index contributed by atoms with van der Waals surface area (Å²) in [4.78, 5) is 2.10. The van der Waals surface area contributed by atoms with E-state index in [0.717, 1.165) is 50.1 Å². The first-order chi connectivity index (χ1) is 14.5. The third-order valence-electron chi connectivity index (χ3n) is 5.75. The molecule has 0 bridgehead atoms. The third-order valence-corrected chi connectivity index (χ3v) is 5.75. The van der Waals surface area contributed by atoms with Crippen molar-refractivity contribution in [1.82, 2.24) is 10.2 Å². The van der Waals surface area contributed by atoms with Crippen molar-refractivity contribution in [2.75, 3.05) is 26.7 Å². The minimum Gasteiger partial charge on any atom is -0.491 e. The zero-order valence-electron chi connectivity index (χ0n) is 18.1. The second-order valence-corrected chi connectivity index (χ2v) is 8.68. The van der Waals surface area contributed by atoms with E-state index in [1.165, 1.54) is 12.0 Å². The van der Waals surface area contributed by atoms with E-state index in [-0.39, 0.29) is 6.61 Å². The lowest BCUT2D eigenvalue weighted by Gasteiger charge is -2.32.